The first-order valence-electron chi connectivity index (χ1n) is 9.80. The number of anilines is 1. The molecule has 0 aliphatic carbocycles. The summed E-state index contributed by atoms with van der Waals surface area (Å²) < 4.78 is 23.7. The van der Waals surface area contributed by atoms with Gasteiger partial charge in [-0.05, 0) is 31.2 Å². The topological polar surface area (TPSA) is 81.8 Å². The number of fused-ring (bicyclic) bond motifs is 1. The van der Waals surface area contributed by atoms with Gasteiger partial charge in [0.05, 0.1) is 24.3 Å². The van der Waals surface area contributed by atoms with Crippen molar-refractivity contribution in [3.05, 3.63) is 48.8 Å². The van der Waals surface area contributed by atoms with Gasteiger partial charge in [-0.25, -0.2) is 14.4 Å². The lowest BCUT2D eigenvalue weighted by molar-refractivity contribution is 0.417. The minimum Gasteiger partial charge on any atom is -0.496 e. The predicted molar refractivity (Wildman–Crippen MR) is 112 cm³/mol. The Kier molecular flexibility index (Phi) is 4.59. The quantitative estimate of drug-likeness (QED) is 0.530. The summed E-state index contributed by atoms with van der Waals surface area (Å²) in [6.45, 7) is 1.84. The van der Waals surface area contributed by atoms with Gasteiger partial charge in [0, 0.05) is 43.0 Å². The van der Waals surface area contributed by atoms with Gasteiger partial charge in [-0.3, -0.25) is 9.25 Å². The molecule has 1 aromatic carbocycles. The summed E-state index contributed by atoms with van der Waals surface area (Å²) in [4.78, 5) is 8.98. The van der Waals surface area contributed by atoms with E-state index in [2.05, 4.69) is 25.7 Å². The monoisotopic (exact) mass is 407 g/mol. The summed E-state index contributed by atoms with van der Waals surface area (Å²) in [6, 6.07) is 7.17. The van der Waals surface area contributed by atoms with Gasteiger partial charge in [0.25, 0.3) is 0 Å². The number of hydrogen-bond acceptors (Lipinski definition) is 6. The van der Waals surface area contributed by atoms with Crippen molar-refractivity contribution in [2.45, 2.75) is 12.5 Å². The number of pyridine rings is 1. The number of ether oxygens (including phenoxy) is 1. The van der Waals surface area contributed by atoms with Crippen molar-refractivity contribution < 1.29 is 9.13 Å². The second-order valence-corrected chi connectivity index (χ2v) is 7.39. The first kappa shape index (κ1) is 18.6. The Hall–Kier alpha value is -3.46. The number of aromatic nitrogens is 5. The van der Waals surface area contributed by atoms with Crippen molar-refractivity contribution in [3.63, 3.8) is 0 Å². The number of rotatable bonds is 5. The van der Waals surface area contributed by atoms with E-state index in [1.165, 1.54) is 6.07 Å². The van der Waals surface area contributed by atoms with Crippen LogP contribution in [0.1, 0.15) is 6.42 Å². The summed E-state index contributed by atoms with van der Waals surface area (Å²) >= 11 is 0. The molecule has 0 radical (unpaired) electrons. The van der Waals surface area contributed by atoms with Gasteiger partial charge >= 0.3 is 0 Å². The van der Waals surface area contributed by atoms with Gasteiger partial charge < -0.3 is 15.4 Å². The fraction of sp³-hybridized carbons (Fsp3) is 0.286. The van der Waals surface area contributed by atoms with Crippen molar-refractivity contribution in [3.8, 4) is 22.7 Å². The van der Waals surface area contributed by atoms with Crippen LogP contribution in [-0.4, -0.2) is 50.6 Å². The number of methoxy groups -OCH3 is 1. The minimum atomic E-state index is -0.414. The maximum Gasteiger partial charge on any atom is 0.176 e. The summed E-state index contributed by atoms with van der Waals surface area (Å²) in [5.41, 5.74) is 3.19. The van der Waals surface area contributed by atoms with Crippen LogP contribution in [0.25, 0.3) is 28.0 Å². The van der Waals surface area contributed by atoms with Crippen molar-refractivity contribution in [2.24, 2.45) is 7.05 Å². The first-order chi connectivity index (χ1) is 14.6. The standard InChI is InChI=1S/C21H22FN7O/c1-28-11-13(9-25-28)15-7-18-17(8-19(15)30-2)24-12-29(18)21-16(22)3-4-20(27-21)26-14-5-6-23-10-14/h3-4,7-9,11-12,14,23H,5-6,10H2,1-2H3,(H,26,27). The lowest BCUT2D eigenvalue weighted by atomic mass is 10.1. The van der Waals surface area contributed by atoms with Crippen LogP contribution >= 0.6 is 0 Å². The van der Waals surface area contributed by atoms with Crippen LogP contribution in [0.3, 0.4) is 0 Å². The fourth-order valence-electron chi connectivity index (χ4n) is 3.83. The molecule has 30 heavy (non-hydrogen) atoms. The molecule has 1 aliphatic rings. The van der Waals surface area contributed by atoms with Gasteiger partial charge in [-0.15, -0.1) is 0 Å². The third-order valence-electron chi connectivity index (χ3n) is 5.35. The van der Waals surface area contributed by atoms with Crippen LogP contribution in [-0.2, 0) is 7.05 Å². The van der Waals surface area contributed by atoms with Crippen LogP contribution in [0.5, 0.6) is 5.75 Å². The lowest BCUT2D eigenvalue weighted by Gasteiger charge is -2.14. The van der Waals surface area contributed by atoms with E-state index in [0.717, 1.165) is 36.2 Å². The summed E-state index contributed by atoms with van der Waals surface area (Å²) in [6.07, 6.45) is 6.27. The largest absolute Gasteiger partial charge is 0.496 e. The van der Waals surface area contributed by atoms with E-state index in [-0.39, 0.29) is 11.9 Å². The van der Waals surface area contributed by atoms with E-state index >= 15 is 0 Å². The van der Waals surface area contributed by atoms with Crippen LogP contribution in [0.4, 0.5) is 10.2 Å². The Morgan fingerprint density at radius 3 is 2.93 bits per heavy atom. The molecule has 1 saturated heterocycles. The van der Waals surface area contributed by atoms with Crippen LogP contribution < -0.4 is 15.4 Å². The Morgan fingerprint density at radius 2 is 2.20 bits per heavy atom. The molecule has 0 spiro atoms. The number of benzene rings is 1. The minimum absolute atomic E-state index is 0.204. The number of nitrogens with zero attached hydrogens (tertiary/aromatic N) is 5. The fourth-order valence-corrected chi connectivity index (χ4v) is 3.83. The molecule has 154 valence electrons. The molecule has 5 rings (SSSR count). The molecule has 8 nitrogen and oxygen atoms in total. The number of imidazole rings is 1. The molecule has 1 aliphatic heterocycles. The lowest BCUT2D eigenvalue weighted by Crippen LogP contribution is -2.23. The van der Waals surface area contributed by atoms with Crippen molar-refractivity contribution >= 4 is 16.9 Å². The van der Waals surface area contributed by atoms with E-state index in [4.69, 9.17) is 4.74 Å². The summed E-state index contributed by atoms with van der Waals surface area (Å²) in [5.74, 6) is 1.11. The Bertz CT molecular complexity index is 1210. The van der Waals surface area contributed by atoms with E-state index in [1.54, 1.807) is 34.9 Å². The second kappa shape index (κ2) is 7.42. The van der Waals surface area contributed by atoms with Gasteiger partial charge in [-0.2, -0.15) is 5.10 Å². The Morgan fingerprint density at radius 1 is 1.30 bits per heavy atom. The van der Waals surface area contributed by atoms with E-state index in [9.17, 15) is 4.39 Å². The molecular weight excluding hydrogens is 385 g/mol. The number of nitrogens with one attached hydrogen (secondary N) is 2. The number of aryl methyl sites for hydroxylation is 1. The molecule has 9 heteroatoms. The second-order valence-electron chi connectivity index (χ2n) is 7.39. The number of hydrogen-bond donors (Lipinski definition) is 2. The molecule has 1 unspecified atom stereocenters. The molecule has 0 bridgehead atoms. The van der Waals surface area contributed by atoms with Crippen molar-refractivity contribution in [1.82, 2.24) is 29.6 Å². The predicted octanol–water partition coefficient (Wildman–Crippen LogP) is 2.74. The molecule has 3 aromatic heterocycles. The van der Waals surface area contributed by atoms with Gasteiger partial charge in [0.2, 0.25) is 0 Å². The molecule has 2 N–H and O–H groups in total. The zero-order valence-corrected chi connectivity index (χ0v) is 16.8. The maximum absolute atomic E-state index is 14.8. The number of halogens is 1. The van der Waals surface area contributed by atoms with Crippen molar-refractivity contribution in [2.75, 3.05) is 25.5 Å². The third-order valence-corrected chi connectivity index (χ3v) is 5.35. The Balaban J connectivity index is 1.61. The average Bonchev–Trinajstić information content (AvgIpc) is 3.49. The highest BCUT2D eigenvalue weighted by Crippen LogP contribution is 2.34. The highest BCUT2D eigenvalue weighted by Gasteiger charge is 2.18. The molecular formula is C21H22FN7O. The highest BCUT2D eigenvalue weighted by atomic mass is 19.1. The molecule has 1 fully saturated rings. The molecule has 4 heterocycles. The molecule has 0 amide bonds. The van der Waals surface area contributed by atoms with E-state index in [0.29, 0.717) is 17.1 Å². The molecule has 4 aromatic rings. The van der Waals surface area contributed by atoms with E-state index < -0.39 is 5.82 Å². The zero-order chi connectivity index (χ0) is 20.7. The smallest absolute Gasteiger partial charge is 0.176 e. The van der Waals surface area contributed by atoms with Crippen LogP contribution in [0.15, 0.2) is 43.0 Å². The summed E-state index contributed by atoms with van der Waals surface area (Å²) in [7, 11) is 3.47. The SMILES string of the molecule is COc1cc2ncn(-c3nc(NC4CCNC4)ccc3F)c2cc1-c1cnn(C)c1. The molecule has 0 saturated carbocycles. The summed E-state index contributed by atoms with van der Waals surface area (Å²) in [5, 5.41) is 10.9. The third kappa shape index (κ3) is 3.26. The average molecular weight is 407 g/mol. The Labute approximate surface area is 172 Å². The first-order valence-corrected chi connectivity index (χ1v) is 9.80. The van der Waals surface area contributed by atoms with Crippen molar-refractivity contribution in [1.29, 1.82) is 0 Å². The maximum atomic E-state index is 14.8. The van der Waals surface area contributed by atoms with Gasteiger partial charge in [-0.1, -0.05) is 0 Å². The zero-order valence-electron chi connectivity index (χ0n) is 16.8. The van der Waals surface area contributed by atoms with Crippen LogP contribution in [0, 0.1) is 5.82 Å². The van der Waals surface area contributed by atoms with Crippen LogP contribution in [0.2, 0.25) is 0 Å². The normalized spacial score (nSPS) is 16.3. The van der Waals surface area contributed by atoms with E-state index in [1.807, 2.05) is 25.4 Å². The van der Waals surface area contributed by atoms with Gasteiger partial charge in [0.15, 0.2) is 11.6 Å². The molecule has 1 atom stereocenters. The van der Waals surface area contributed by atoms with Gasteiger partial charge in [0.1, 0.15) is 17.9 Å². The highest BCUT2D eigenvalue weighted by molar-refractivity contribution is 5.87.